The van der Waals surface area contributed by atoms with E-state index in [1.54, 1.807) is 0 Å². The van der Waals surface area contributed by atoms with Crippen LogP contribution in [-0.4, -0.2) is 24.1 Å². The topological polar surface area (TPSA) is 48.5 Å². The average molecular weight is 797 g/mol. The van der Waals surface area contributed by atoms with Gasteiger partial charge in [0.15, 0.2) is 11.6 Å². The van der Waals surface area contributed by atoms with Crippen molar-refractivity contribution >= 4 is 43.6 Å². The van der Waals surface area contributed by atoms with Crippen LogP contribution in [0.2, 0.25) is 0 Å². The maximum Gasteiger partial charge on any atom is 0.238 e. The van der Waals surface area contributed by atoms with E-state index >= 15 is 0 Å². The third-order valence-electron chi connectivity index (χ3n) is 11.6. The molecule has 5 heteroatoms. The van der Waals surface area contributed by atoms with Crippen molar-refractivity contribution in [2.75, 3.05) is 0 Å². The Morgan fingerprint density at radius 1 is 0.323 bits per heavy atom. The predicted octanol–water partition coefficient (Wildman–Crippen LogP) is 14.4. The number of hydrogen-bond donors (Lipinski definition) is 0. The van der Waals surface area contributed by atoms with Gasteiger partial charge in [-0.2, -0.15) is 9.97 Å². The first-order valence-electron chi connectivity index (χ1n) is 23.0. The van der Waals surface area contributed by atoms with Crippen molar-refractivity contribution in [1.29, 1.82) is 0 Å². The summed E-state index contributed by atoms with van der Waals surface area (Å²) >= 11 is 0. The monoisotopic (exact) mass is 796 g/mol. The van der Waals surface area contributed by atoms with Crippen LogP contribution < -0.4 is 0 Å². The molecular formula is C57H37N5. The molecule has 290 valence electrons. The second kappa shape index (κ2) is 14.7. The highest BCUT2D eigenvalue weighted by Gasteiger charge is 2.24. The molecule has 0 aliphatic rings. The summed E-state index contributed by atoms with van der Waals surface area (Å²) in [6.45, 7) is 0. The highest BCUT2D eigenvalue weighted by atomic mass is 15.2. The Labute approximate surface area is 365 Å². The number of fused-ring (bicyclic) bond motifs is 7. The Hall–Kier alpha value is -8.41. The van der Waals surface area contributed by atoms with Crippen LogP contribution in [-0.2, 0) is 0 Å². The van der Waals surface area contributed by atoms with E-state index in [1.165, 1.54) is 0 Å². The summed E-state index contributed by atoms with van der Waals surface area (Å²) in [5, 5.41) is 4.02. The molecule has 9 aromatic carbocycles. The zero-order valence-corrected chi connectivity index (χ0v) is 33.2. The number of rotatable bonds is 7. The summed E-state index contributed by atoms with van der Waals surface area (Å²) in [6, 6.07) is 63.7. The first kappa shape index (κ1) is 30.6. The van der Waals surface area contributed by atoms with Gasteiger partial charge in [-0.15, -0.1) is 0 Å². The van der Waals surface area contributed by atoms with Gasteiger partial charge in [-0.1, -0.05) is 188 Å². The van der Waals surface area contributed by atoms with Crippen LogP contribution in [0, 0.1) is 0 Å². The highest BCUT2D eigenvalue weighted by molar-refractivity contribution is 6.23. The van der Waals surface area contributed by atoms with Crippen molar-refractivity contribution in [3.63, 3.8) is 0 Å². The van der Waals surface area contributed by atoms with E-state index in [0.717, 1.165) is 82.7 Å². The summed E-state index contributed by atoms with van der Waals surface area (Å²) in [5.74, 6) is 1.50. The Bertz CT molecular complexity index is 3890. The van der Waals surface area contributed by atoms with Gasteiger partial charge in [-0.3, -0.25) is 4.57 Å². The van der Waals surface area contributed by atoms with Gasteiger partial charge in [0.05, 0.1) is 28.9 Å². The summed E-state index contributed by atoms with van der Waals surface area (Å²) in [5.41, 5.74) is 10.6. The lowest BCUT2D eigenvalue weighted by Gasteiger charge is -2.16. The van der Waals surface area contributed by atoms with Gasteiger partial charge < -0.3 is 4.57 Å². The van der Waals surface area contributed by atoms with E-state index in [9.17, 15) is 0 Å². The fourth-order valence-corrected chi connectivity index (χ4v) is 8.83. The third-order valence-corrected chi connectivity index (χ3v) is 11.6. The number of hydrogen-bond acceptors (Lipinski definition) is 3. The Morgan fingerprint density at radius 2 is 0.790 bits per heavy atom. The van der Waals surface area contributed by atoms with E-state index in [1.807, 2.05) is 127 Å². The molecule has 0 amide bonds. The van der Waals surface area contributed by atoms with Crippen LogP contribution >= 0.6 is 0 Å². The fraction of sp³-hybridized carbons (Fsp3) is 0. The van der Waals surface area contributed by atoms with Crippen LogP contribution in [0.15, 0.2) is 224 Å². The molecule has 0 radical (unpaired) electrons. The summed E-state index contributed by atoms with van der Waals surface area (Å²) in [7, 11) is 0. The molecule has 3 aromatic heterocycles. The van der Waals surface area contributed by atoms with Crippen LogP contribution in [0.4, 0.5) is 0 Å². The molecule has 0 N–H and O–H groups in total. The zero-order chi connectivity index (χ0) is 45.3. The van der Waals surface area contributed by atoms with Gasteiger partial charge in [-0.05, 0) is 69.8 Å². The van der Waals surface area contributed by atoms with Gasteiger partial charge >= 0.3 is 0 Å². The van der Waals surface area contributed by atoms with E-state index in [0.29, 0.717) is 23.2 Å². The molecule has 0 atom stereocenters. The Morgan fingerprint density at radius 3 is 1.44 bits per heavy atom. The maximum atomic E-state index is 9.06. The molecule has 5 nitrogen and oxygen atoms in total. The van der Waals surface area contributed by atoms with Crippen molar-refractivity contribution in [2.24, 2.45) is 0 Å². The first-order chi connectivity index (χ1) is 32.8. The molecule has 0 bridgehead atoms. The number of para-hydroxylation sites is 2. The van der Waals surface area contributed by atoms with Crippen LogP contribution in [0.3, 0.4) is 0 Å². The molecular weight excluding hydrogens is 755 g/mol. The van der Waals surface area contributed by atoms with Crippen LogP contribution in [0.5, 0.6) is 0 Å². The number of aromatic nitrogens is 5. The van der Waals surface area contributed by atoms with Crippen molar-refractivity contribution in [3.8, 4) is 67.8 Å². The molecule has 0 spiro atoms. The quantitative estimate of drug-likeness (QED) is 0.161. The minimum atomic E-state index is -0.434. The largest absolute Gasteiger partial charge is 0.307 e. The van der Waals surface area contributed by atoms with Gasteiger partial charge in [-0.25, -0.2) is 4.98 Å². The van der Waals surface area contributed by atoms with E-state index < -0.39 is 6.04 Å². The molecule has 62 heavy (non-hydrogen) atoms. The van der Waals surface area contributed by atoms with Gasteiger partial charge in [0.25, 0.3) is 0 Å². The minimum absolute atomic E-state index is 0.132. The SMILES string of the molecule is [2H]c1c([2H])c([2H])c(-c2cc(-c3ccccc3)cc(-n3c4ccccc4c4ccc5c6ccccc6n(-c6nc(-c7ccccc7)nc(-c7cccc(-c8ccccc8)c7)n6)c5c43)c2)c([2H])c1[2H]. The standard InChI is InChI=1S/C57H37N5/c1-5-18-38(19-6-1)42-26-17-27-43(34-42)56-58-55(41-24-11-4-12-25-41)59-57(60-56)62-52-31-16-14-29-48(52)50-33-32-49-47-28-13-15-30-51(47)61(53(49)54(50)62)46-36-44(39-20-7-2-8-21-39)35-45(37-46)40-22-9-3-10-23-40/h1-37H/i2D,7D,8D,20D,21D. The normalized spacial score (nSPS) is 12.7. The smallest absolute Gasteiger partial charge is 0.238 e. The second-order valence-corrected chi connectivity index (χ2v) is 15.3. The molecule has 0 aliphatic carbocycles. The highest BCUT2D eigenvalue weighted by Crippen LogP contribution is 2.43. The molecule has 3 heterocycles. The van der Waals surface area contributed by atoms with Gasteiger partial charge in [0, 0.05) is 38.4 Å². The predicted molar refractivity (Wildman–Crippen MR) is 256 cm³/mol. The molecule has 0 fully saturated rings. The average Bonchev–Trinajstić information content (AvgIpc) is 3.91. The van der Waals surface area contributed by atoms with E-state index in [2.05, 4.69) is 75.9 Å². The van der Waals surface area contributed by atoms with Crippen LogP contribution in [0.1, 0.15) is 6.85 Å². The van der Waals surface area contributed by atoms with Crippen molar-refractivity contribution in [2.45, 2.75) is 0 Å². The summed E-state index contributed by atoms with van der Waals surface area (Å²) in [6.07, 6.45) is 0. The molecule has 0 saturated heterocycles. The Balaban J connectivity index is 1.20. The molecule has 0 unspecified atom stereocenters. The molecule has 0 saturated carbocycles. The van der Waals surface area contributed by atoms with Crippen molar-refractivity contribution < 1.29 is 6.85 Å². The lowest BCUT2D eigenvalue weighted by molar-refractivity contribution is 0.953. The lowest BCUT2D eigenvalue weighted by atomic mass is 9.98. The lowest BCUT2D eigenvalue weighted by Crippen LogP contribution is -2.07. The zero-order valence-electron chi connectivity index (χ0n) is 38.2. The van der Waals surface area contributed by atoms with E-state index in [-0.39, 0.29) is 29.7 Å². The fourth-order valence-electron chi connectivity index (χ4n) is 8.83. The van der Waals surface area contributed by atoms with E-state index in [4.69, 9.17) is 21.8 Å². The van der Waals surface area contributed by atoms with Crippen molar-refractivity contribution in [3.05, 3.63) is 224 Å². The summed E-state index contributed by atoms with van der Waals surface area (Å²) < 4.78 is 48.1. The van der Waals surface area contributed by atoms with Gasteiger partial charge in [0.2, 0.25) is 5.95 Å². The van der Waals surface area contributed by atoms with Crippen molar-refractivity contribution in [1.82, 2.24) is 24.1 Å². The minimum Gasteiger partial charge on any atom is -0.307 e. The first-order valence-corrected chi connectivity index (χ1v) is 20.5. The molecule has 0 aliphatic heterocycles. The second-order valence-electron chi connectivity index (χ2n) is 15.3. The Kier molecular flexibility index (Phi) is 7.25. The number of nitrogens with zero attached hydrogens (tertiary/aromatic N) is 5. The number of benzene rings is 9. The third kappa shape index (κ3) is 5.98. The maximum absolute atomic E-state index is 9.06. The van der Waals surface area contributed by atoms with Crippen LogP contribution in [0.25, 0.3) is 111 Å². The molecule has 12 rings (SSSR count). The van der Waals surface area contributed by atoms with Gasteiger partial charge in [0.1, 0.15) is 0 Å². The summed E-state index contributed by atoms with van der Waals surface area (Å²) in [4.78, 5) is 15.8. The molecule has 12 aromatic rings.